The molecule has 0 radical (unpaired) electrons. The molecule has 110 valence electrons. The van der Waals surface area contributed by atoms with Crippen molar-refractivity contribution in [3.8, 4) is 11.5 Å². The van der Waals surface area contributed by atoms with Crippen LogP contribution in [-0.2, 0) is 0 Å². The largest absolute Gasteiger partial charge is 0.507 e. The molecule has 1 fully saturated rings. The monoisotopic (exact) mass is 278 g/mol. The molecule has 2 rings (SSSR count). The quantitative estimate of drug-likeness (QED) is 0.781. The van der Waals surface area contributed by atoms with Crippen LogP contribution in [0.25, 0.3) is 0 Å². The lowest BCUT2D eigenvalue weighted by molar-refractivity contribution is 0.0723. The molecule has 1 aliphatic rings. The summed E-state index contributed by atoms with van der Waals surface area (Å²) in [5.41, 5.74) is -0.00174. The van der Waals surface area contributed by atoms with Gasteiger partial charge in [-0.15, -0.1) is 0 Å². The van der Waals surface area contributed by atoms with Gasteiger partial charge in [0.25, 0.3) is 5.91 Å². The topological polar surface area (TPSA) is 72.8 Å². The second-order valence-corrected chi connectivity index (χ2v) is 5.23. The standard InChI is InChI=1S/C15H22N2O3/c1-2-17(10-11-5-4-8-16-9-11)15(20)14-12(18)6-3-7-13(14)19/h3,6-7,11,16,18-19H,2,4-5,8-10H2,1H3. The van der Waals surface area contributed by atoms with Gasteiger partial charge >= 0.3 is 0 Å². The number of phenolic OH excluding ortho intramolecular Hbond substituents is 2. The van der Waals surface area contributed by atoms with Crippen LogP contribution in [0.4, 0.5) is 0 Å². The van der Waals surface area contributed by atoms with Crippen molar-refractivity contribution in [2.24, 2.45) is 5.92 Å². The van der Waals surface area contributed by atoms with Crippen LogP contribution >= 0.6 is 0 Å². The molecular weight excluding hydrogens is 256 g/mol. The van der Waals surface area contributed by atoms with E-state index in [4.69, 9.17) is 0 Å². The Morgan fingerprint density at radius 3 is 2.65 bits per heavy atom. The third-order valence-electron chi connectivity index (χ3n) is 3.78. The number of aromatic hydroxyl groups is 2. The fourth-order valence-corrected chi connectivity index (χ4v) is 2.65. The van der Waals surface area contributed by atoms with E-state index in [0.717, 1.165) is 25.9 Å². The van der Waals surface area contributed by atoms with E-state index in [1.807, 2.05) is 6.92 Å². The minimum atomic E-state index is -0.311. The van der Waals surface area contributed by atoms with Crippen LogP contribution < -0.4 is 5.32 Å². The Morgan fingerprint density at radius 2 is 2.10 bits per heavy atom. The first-order chi connectivity index (χ1) is 9.63. The molecule has 0 bridgehead atoms. The van der Waals surface area contributed by atoms with Gasteiger partial charge in [0.15, 0.2) is 0 Å². The first-order valence-electron chi connectivity index (χ1n) is 7.14. The molecule has 5 nitrogen and oxygen atoms in total. The molecule has 1 unspecified atom stereocenters. The van der Waals surface area contributed by atoms with E-state index in [1.54, 1.807) is 4.90 Å². The van der Waals surface area contributed by atoms with Crippen LogP contribution in [0.1, 0.15) is 30.1 Å². The SMILES string of the molecule is CCN(CC1CCCNC1)C(=O)c1c(O)cccc1O. The summed E-state index contributed by atoms with van der Waals surface area (Å²) in [6.45, 7) is 5.07. The number of nitrogens with one attached hydrogen (secondary N) is 1. The predicted octanol–water partition coefficient (Wildman–Crippen LogP) is 1.56. The van der Waals surface area contributed by atoms with Crippen LogP contribution in [0.2, 0.25) is 0 Å². The number of benzene rings is 1. The van der Waals surface area contributed by atoms with Gasteiger partial charge < -0.3 is 20.4 Å². The molecule has 1 heterocycles. The number of amides is 1. The fourth-order valence-electron chi connectivity index (χ4n) is 2.65. The predicted molar refractivity (Wildman–Crippen MR) is 76.9 cm³/mol. The van der Waals surface area contributed by atoms with E-state index in [9.17, 15) is 15.0 Å². The number of nitrogens with zero attached hydrogens (tertiary/aromatic N) is 1. The molecule has 0 spiro atoms. The summed E-state index contributed by atoms with van der Waals surface area (Å²) in [4.78, 5) is 14.2. The second-order valence-electron chi connectivity index (χ2n) is 5.23. The van der Waals surface area contributed by atoms with E-state index in [2.05, 4.69) is 5.32 Å². The van der Waals surface area contributed by atoms with Gasteiger partial charge in [-0.1, -0.05) is 6.07 Å². The normalized spacial score (nSPS) is 18.8. The van der Waals surface area contributed by atoms with Gasteiger partial charge in [-0.05, 0) is 50.9 Å². The molecule has 1 saturated heterocycles. The van der Waals surface area contributed by atoms with Crippen LogP contribution in [0.5, 0.6) is 11.5 Å². The highest BCUT2D eigenvalue weighted by atomic mass is 16.3. The lowest BCUT2D eigenvalue weighted by Gasteiger charge is -2.29. The number of hydrogen-bond donors (Lipinski definition) is 3. The third kappa shape index (κ3) is 3.22. The Balaban J connectivity index is 2.12. The number of phenols is 2. The van der Waals surface area contributed by atoms with Crippen molar-refractivity contribution in [2.75, 3.05) is 26.2 Å². The summed E-state index contributed by atoms with van der Waals surface area (Å²) >= 11 is 0. The minimum Gasteiger partial charge on any atom is -0.507 e. The van der Waals surface area contributed by atoms with Crippen molar-refractivity contribution in [3.05, 3.63) is 23.8 Å². The Bertz CT molecular complexity index is 450. The zero-order chi connectivity index (χ0) is 14.5. The van der Waals surface area contributed by atoms with E-state index < -0.39 is 0 Å². The van der Waals surface area contributed by atoms with Crippen LogP contribution in [-0.4, -0.2) is 47.2 Å². The van der Waals surface area contributed by atoms with E-state index in [1.165, 1.54) is 18.2 Å². The van der Waals surface area contributed by atoms with Gasteiger partial charge in [0.2, 0.25) is 0 Å². The molecule has 1 atom stereocenters. The molecule has 0 aliphatic carbocycles. The molecule has 1 aromatic rings. The minimum absolute atomic E-state index is 0.00174. The number of carbonyl (C=O) groups is 1. The summed E-state index contributed by atoms with van der Waals surface area (Å²) < 4.78 is 0. The van der Waals surface area contributed by atoms with Gasteiger partial charge in [-0.25, -0.2) is 0 Å². The van der Waals surface area contributed by atoms with E-state index >= 15 is 0 Å². The summed E-state index contributed by atoms with van der Waals surface area (Å²) in [5.74, 6) is -0.222. The average Bonchev–Trinajstić information content (AvgIpc) is 2.45. The fraction of sp³-hybridized carbons (Fsp3) is 0.533. The van der Waals surface area contributed by atoms with Gasteiger partial charge in [-0.3, -0.25) is 4.79 Å². The van der Waals surface area contributed by atoms with E-state index in [-0.39, 0.29) is 23.0 Å². The number of rotatable bonds is 4. The van der Waals surface area contributed by atoms with Crippen molar-refractivity contribution >= 4 is 5.91 Å². The molecule has 20 heavy (non-hydrogen) atoms. The van der Waals surface area contributed by atoms with Gasteiger partial charge in [0.1, 0.15) is 17.1 Å². The summed E-state index contributed by atoms with van der Waals surface area (Å²) in [6, 6.07) is 4.36. The molecule has 3 N–H and O–H groups in total. The number of carbonyl (C=O) groups excluding carboxylic acids is 1. The Labute approximate surface area is 119 Å². The zero-order valence-electron chi connectivity index (χ0n) is 11.8. The molecule has 1 amide bonds. The molecule has 5 heteroatoms. The maximum Gasteiger partial charge on any atom is 0.261 e. The van der Waals surface area contributed by atoms with Gasteiger partial charge in [-0.2, -0.15) is 0 Å². The third-order valence-corrected chi connectivity index (χ3v) is 3.78. The molecule has 0 saturated carbocycles. The highest BCUT2D eigenvalue weighted by molar-refractivity contribution is 5.99. The highest BCUT2D eigenvalue weighted by Crippen LogP contribution is 2.28. The number of hydrogen-bond acceptors (Lipinski definition) is 4. The first-order valence-corrected chi connectivity index (χ1v) is 7.14. The van der Waals surface area contributed by atoms with Crippen molar-refractivity contribution < 1.29 is 15.0 Å². The van der Waals surface area contributed by atoms with Gasteiger partial charge in [0.05, 0.1) is 0 Å². The van der Waals surface area contributed by atoms with Crippen LogP contribution in [0.3, 0.4) is 0 Å². The highest BCUT2D eigenvalue weighted by Gasteiger charge is 2.24. The smallest absolute Gasteiger partial charge is 0.261 e. The van der Waals surface area contributed by atoms with Crippen LogP contribution in [0, 0.1) is 5.92 Å². The molecule has 1 aliphatic heterocycles. The summed E-state index contributed by atoms with van der Waals surface area (Å²) in [7, 11) is 0. The van der Waals surface area contributed by atoms with Crippen LogP contribution in [0.15, 0.2) is 18.2 Å². The van der Waals surface area contributed by atoms with Crippen molar-refractivity contribution in [2.45, 2.75) is 19.8 Å². The number of piperidine rings is 1. The molecular formula is C15H22N2O3. The Morgan fingerprint density at radius 1 is 1.40 bits per heavy atom. The second kappa shape index (κ2) is 6.61. The molecule has 1 aromatic carbocycles. The zero-order valence-corrected chi connectivity index (χ0v) is 11.8. The maximum absolute atomic E-state index is 12.5. The van der Waals surface area contributed by atoms with Crippen molar-refractivity contribution in [1.29, 1.82) is 0 Å². The summed E-state index contributed by atoms with van der Waals surface area (Å²) in [5, 5.41) is 22.9. The summed E-state index contributed by atoms with van der Waals surface area (Å²) in [6.07, 6.45) is 2.22. The Kier molecular flexibility index (Phi) is 4.84. The Hall–Kier alpha value is -1.75. The molecule has 0 aromatic heterocycles. The van der Waals surface area contributed by atoms with Crippen molar-refractivity contribution in [3.63, 3.8) is 0 Å². The lowest BCUT2D eigenvalue weighted by atomic mass is 9.98. The first kappa shape index (κ1) is 14.7. The van der Waals surface area contributed by atoms with E-state index in [0.29, 0.717) is 19.0 Å². The van der Waals surface area contributed by atoms with Crippen molar-refractivity contribution in [1.82, 2.24) is 10.2 Å². The van der Waals surface area contributed by atoms with Gasteiger partial charge in [0, 0.05) is 13.1 Å². The maximum atomic E-state index is 12.5. The average molecular weight is 278 g/mol. The lowest BCUT2D eigenvalue weighted by Crippen LogP contribution is -2.41.